The van der Waals surface area contributed by atoms with E-state index < -0.39 is 97.9 Å². The van der Waals surface area contributed by atoms with Crippen LogP contribution in [0.2, 0.25) is 0 Å². The summed E-state index contributed by atoms with van der Waals surface area (Å²) in [5, 5.41) is 85.7. The third-order valence-corrected chi connectivity index (χ3v) is 18.2. The van der Waals surface area contributed by atoms with Crippen molar-refractivity contribution < 1.29 is 78.7 Å². The summed E-state index contributed by atoms with van der Waals surface area (Å²) in [5.41, 5.74) is 0.350. The molecule has 5 heterocycles. The number of hydrogen-bond acceptors (Lipinski definition) is 16. The van der Waals surface area contributed by atoms with Crippen LogP contribution in [-0.4, -0.2) is 164 Å². The van der Waals surface area contributed by atoms with Crippen molar-refractivity contribution in [3.05, 3.63) is 0 Å². The molecule has 350 valence electrons. The van der Waals surface area contributed by atoms with Gasteiger partial charge in [0.2, 0.25) is 0 Å². The lowest BCUT2D eigenvalue weighted by Gasteiger charge is -2.61. The minimum absolute atomic E-state index is 0.122. The molecule has 0 radical (unpaired) electrons. The molecule has 16 heteroatoms. The van der Waals surface area contributed by atoms with Gasteiger partial charge in [-0.05, 0) is 118 Å². The second-order valence-corrected chi connectivity index (χ2v) is 21.5. The van der Waals surface area contributed by atoms with Gasteiger partial charge in [0.25, 0.3) is 0 Å². The maximum atomic E-state index is 11.6. The van der Waals surface area contributed by atoms with E-state index in [1.54, 1.807) is 0 Å². The second kappa shape index (κ2) is 16.9. The third kappa shape index (κ3) is 7.59. The molecule has 9 fully saturated rings. The van der Waals surface area contributed by atoms with Gasteiger partial charge in [-0.15, -0.1) is 0 Å². The first-order valence-electron chi connectivity index (χ1n) is 23.5. The maximum absolute atomic E-state index is 11.6. The predicted octanol–water partition coefficient (Wildman–Crippen LogP) is 1.32. The summed E-state index contributed by atoms with van der Waals surface area (Å²) in [6, 6.07) is 0. The molecule has 61 heavy (non-hydrogen) atoms. The maximum Gasteiger partial charge on any atom is 0.187 e. The number of ether oxygens (including phenoxy) is 8. The summed E-state index contributed by atoms with van der Waals surface area (Å²) >= 11 is 0. The summed E-state index contributed by atoms with van der Waals surface area (Å²) in [6.45, 7) is 13.2. The first kappa shape index (κ1) is 45.5. The van der Waals surface area contributed by atoms with Crippen LogP contribution in [0, 0.1) is 52.3 Å². The highest BCUT2D eigenvalue weighted by Gasteiger charge is 2.69. The SMILES string of the molecule is C[C@H]1CC[C@@]2(OC1)OC1CC3C4CC[C@H]5C[C@@H](O[C@@H]6O[C@H](CO[C@@H]7O[C@@H](C)[C@H](O)[C@@H](O)[C@H]7O)[C@@H](O)[C@H](O)[C@H]6O[C@@H]6O[C@@H](C)[C@H](O)[C@@H](O)[C@H]6O)CC[C@]5(C)C4CC[C@]3(C)C1[C@@H]2C. The van der Waals surface area contributed by atoms with Gasteiger partial charge >= 0.3 is 0 Å². The van der Waals surface area contributed by atoms with Crippen molar-refractivity contribution >= 4 is 0 Å². The van der Waals surface area contributed by atoms with Gasteiger partial charge in [0.05, 0.1) is 37.6 Å². The highest BCUT2D eigenvalue weighted by atomic mass is 16.8. The Kier molecular flexibility index (Phi) is 12.6. The fourth-order valence-corrected chi connectivity index (χ4v) is 14.5. The van der Waals surface area contributed by atoms with Crippen LogP contribution < -0.4 is 0 Å². The van der Waals surface area contributed by atoms with E-state index >= 15 is 0 Å². The van der Waals surface area contributed by atoms with Crippen LogP contribution >= 0.6 is 0 Å². The van der Waals surface area contributed by atoms with E-state index in [4.69, 9.17) is 37.9 Å². The number of hydrogen-bond donors (Lipinski definition) is 8. The lowest BCUT2D eigenvalue weighted by Crippen LogP contribution is -2.65. The standard InChI is InChI=1S/C45H74O16/c1-19-9-14-45(55-17-19)20(2)30-28(61-45)16-27-25-8-7-23-15-24(10-12-43(23,5)26(25)11-13-44(27,30)6)58-42-39(60-41-38(53)35(50)32(47)22(4)57-41)36(51)33(48)29(59-42)18-54-40-37(52)34(49)31(46)21(3)56-40/h19-42,46-53H,7-18H2,1-6H3/t19-,20-,21-,22-,23-,24-,25?,26?,27?,28?,29+,30?,31-,32-,33+,34+,35+,36-,37+,38+,39+,40+,41-,42+,43-,44-,45+/m0/s1. The number of aliphatic hydroxyl groups is 8. The van der Waals surface area contributed by atoms with Crippen LogP contribution in [0.25, 0.3) is 0 Å². The topological polar surface area (TPSA) is 236 Å². The van der Waals surface area contributed by atoms with Gasteiger partial charge in [-0.1, -0.05) is 27.7 Å². The average Bonchev–Trinajstić information content (AvgIpc) is 3.68. The first-order valence-corrected chi connectivity index (χ1v) is 23.5. The van der Waals surface area contributed by atoms with Gasteiger partial charge in [0.1, 0.15) is 61.0 Å². The minimum Gasteiger partial charge on any atom is -0.388 e. The molecule has 5 aliphatic heterocycles. The Hall–Kier alpha value is -0.640. The van der Waals surface area contributed by atoms with Gasteiger partial charge in [0, 0.05) is 12.3 Å². The quantitative estimate of drug-likeness (QED) is 0.169. The molecule has 0 amide bonds. The van der Waals surface area contributed by atoms with Crippen molar-refractivity contribution in [3.63, 3.8) is 0 Å². The monoisotopic (exact) mass is 870 g/mol. The predicted molar refractivity (Wildman–Crippen MR) is 213 cm³/mol. The molecule has 27 atom stereocenters. The average molecular weight is 871 g/mol. The van der Waals surface area contributed by atoms with Crippen molar-refractivity contribution in [2.75, 3.05) is 13.2 Å². The molecule has 5 saturated heterocycles. The van der Waals surface area contributed by atoms with E-state index in [9.17, 15) is 40.9 Å². The Bertz CT molecular complexity index is 1530. The van der Waals surface area contributed by atoms with Crippen molar-refractivity contribution in [1.82, 2.24) is 0 Å². The van der Waals surface area contributed by atoms with Crippen LogP contribution in [-0.2, 0) is 37.9 Å². The number of rotatable bonds is 7. The fourth-order valence-electron chi connectivity index (χ4n) is 14.5. The normalized spacial score (nSPS) is 59.7. The van der Waals surface area contributed by atoms with Crippen LogP contribution in [0.5, 0.6) is 0 Å². The summed E-state index contributed by atoms with van der Waals surface area (Å²) in [6.07, 6.45) is -10.5. The van der Waals surface area contributed by atoms with E-state index in [-0.39, 0.29) is 29.6 Å². The van der Waals surface area contributed by atoms with Gasteiger partial charge < -0.3 is 78.7 Å². The van der Waals surface area contributed by atoms with Crippen LogP contribution in [0.4, 0.5) is 0 Å². The summed E-state index contributed by atoms with van der Waals surface area (Å²) in [4.78, 5) is 0. The second-order valence-electron chi connectivity index (χ2n) is 21.5. The highest BCUT2D eigenvalue weighted by Crippen LogP contribution is 2.71. The molecule has 1 spiro atoms. The molecule has 5 unspecified atom stereocenters. The van der Waals surface area contributed by atoms with E-state index in [1.165, 1.54) is 26.7 Å². The van der Waals surface area contributed by atoms with Crippen LogP contribution in [0.3, 0.4) is 0 Å². The van der Waals surface area contributed by atoms with Crippen molar-refractivity contribution in [2.45, 2.75) is 216 Å². The first-order chi connectivity index (χ1) is 28.9. The molecule has 16 nitrogen and oxygen atoms in total. The largest absolute Gasteiger partial charge is 0.388 e. The Labute approximate surface area is 359 Å². The molecule has 9 rings (SSSR count). The Morgan fingerprint density at radius 2 is 1.26 bits per heavy atom. The molecule has 9 aliphatic rings. The molecule has 0 aromatic heterocycles. The lowest BCUT2D eigenvalue weighted by atomic mass is 9.44. The van der Waals surface area contributed by atoms with Crippen LogP contribution in [0.1, 0.15) is 106 Å². The smallest absolute Gasteiger partial charge is 0.187 e. The van der Waals surface area contributed by atoms with E-state index in [1.807, 2.05) is 0 Å². The zero-order chi connectivity index (χ0) is 43.5. The summed E-state index contributed by atoms with van der Waals surface area (Å²) in [5.74, 6) is 3.27. The molecular weight excluding hydrogens is 796 g/mol. The Morgan fingerprint density at radius 3 is 1.95 bits per heavy atom. The van der Waals surface area contributed by atoms with Crippen molar-refractivity contribution in [1.29, 1.82) is 0 Å². The molecule has 4 saturated carbocycles. The Morgan fingerprint density at radius 1 is 0.590 bits per heavy atom. The highest BCUT2D eigenvalue weighted by molar-refractivity contribution is 5.15. The molecule has 0 aromatic rings. The fraction of sp³-hybridized carbons (Fsp3) is 1.00. The van der Waals surface area contributed by atoms with E-state index in [2.05, 4.69) is 27.7 Å². The van der Waals surface area contributed by atoms with Gasteiger partial charge in [-0.25, -0.2) is 0 Å². The molecule has 0 aromatic carbocycles. The van der Waals surface area contributed by atoms with Gasteiger partial charge in [-0.3, -0.25) is 0 Å². The summed E-state index contributed by atoms with van der Waals surface area (Å²) < 4.78 is 49.8. The van der Waals surface area contributed by atoms with E-state index in [0.717, 1.165) is 58.0 Å². The molecule has 8 N–H and O–H groups in total. The molecular formula is C45H74O16. The molecule has 4 aliphatic carbocycles. The zero-order valence-corrected chi connectivity index (χ0v) is 36.7. The van der Waals surface area contributed by atoms with Gasteiger partial charge in [0.15, 0.2) is 24.7 Å². The summed E-state index contributed by atoms with van der Waals surface area (Å²) in [7, 11) is 0. The third-order valence-electron chi connectivity index (χ3n) is 18.2. The van der Waals surface area contributed by atoms with Crippen molar-refractivity contribution in [3.8, 4) is 0 Å². The van der Waals surface area contributed by atoms with Crippen molar-refractivity contribution in [2.24, 2.45) is 52.3 Å². The van der Waals surface area contributed by atoms with Gasteiger partial charge in [-0.2, -0.15) is 0 Å². The molecule has 0 bridgehead atoms. The number of fused-ring (bicyclic) bond motifs is 7. The Balaban J connectivity index is 0.884. The lowest BCUT2D eigenvalue weighted by molar-refractivity contribution is -0.375. The minimum atomic E-state index is -1.67. The number of aliphatic hydroxyl groups excluding tert-OH is 8. The van der Waals surface area contributed by atoms with E-state index in [0.29, 0.717) is 41.4 Å². The van der Waals surface area contributed by atoms with Crippen LogP contribution in [0.15, 0.2) is 0 Å². The zero-order valence-electron chi connectivity index (χ0n) is 36.7.